The van der Waals surface area contributed by atoms with E-state index in [9.17, 15) is 10.4 Å². The van der Waals surface area contributed by atoms with E-state index in [4.69, 9.17) is 0 Å². The summed E-state index contributed by atoms with van der Waals surface area (Å²) < 4.78 is 0. The smallest absolute Gasteiger partial charge is 0.120 e. The second kappa shape index (κ2) is 5.25. The number of hydrogen-bond donors (Lipinski definition) is 1. The molecule has 0 aliphatic heterocycles. The Labute approximate surface area is 117 Å². The molecule has 0 saturated carbocycles. The van der Waals surface area contributed by atoms with Gasteiger partial charge in [-0.05, 0) is 41.4 Å². The molecule has 0 unspecified atom stereocenters. The SMILES string of the molecule is CCC(C)(C)c1cc(O)c(C(C)(C)CC)c(C#N)c1. The van der Waals surface area contributed by atoms with Crippen molar-refractivity contribution in [2.45, 2.75) is 65.2 Å². The highest BCUT2D eigenvalue weighted by Crippen LogP contribution is 2.39. The first-order chi connectivity index (χ1) is 8.69. The first kappa shape index (κ1) is 15.6. The molecule has 0 amide bonds. The van der Waals surface area contributed by atoms with Crippen LogP contribution in [-0.4, -0.2) is 5.11 Å². The van der Waals surface area contributed by atoms with Gasteiger partial charge in [-0.3, -0.25) is 0 Å². The summed E-state index contributed by atoms with van der Waals surface area (Å²) in [6, 6.07) is 6.02. The van der Waals surface area contributed by atoms with Crippen molar-refractivity contribution < 1.29 is 5.11 Å². The van der Waals surface area contributed by atoms with E-state index in [0.717, 1.165) is 24.0 Å². The molecule has 2 heteroatoms. The molecule has 0 aliphatic carbocycles. The highest BCUT2D eigenvalue weighted by molar-refractivity contribution is 5.53. The average Bonchev–Trinajstić information content (AvgIpc) is 2.37. The van der Waals surface area contributed by atoms with Crippen LogP contribution in [0.15, 0.2) is 12.1 Å². The third-order valence-corrected chi connectivity index (χ3v) is 4.46. The summed E-state index contributed by atoms with van der Waals surface area (Å²) >= 11 is 0. The first-order valence-corrected chi connectivity index (χ1v) is 6.97. The standard InChI is InChI=1S/C17H25NO/c1-7-16(3,4)13-9-12(11-18)15(14(19)10-13)17(5,6)8-2/h9-10,19H,7-8H2,1-6H3. The average molecular weight is 259 g/mol. The van der Waals surface area contributed by atoms with Crippen LogP contribution >= 0.6 is 0 Å². The number of aromatic hydroxyl groups is 1. The van der Waals surface area contributed by atoms with E-state index in [-0.39, 0.29) is 16.6 Å². The Bertz CT molecular complexity index is 507. The largest absolute Gasteiger partial charge is 0.508 e. The number of rotatable bonds is 4. The fourth-order valence-corrected chi connectivity index (χ4v) is 2.20. The zero-order valence-corrected chi connectivity index (χ0v) is 13.0. The summed E-state index contributed by atoms with van der Waals surface area (Å²) in [5.41, 5.74) is 2.18. The number of phenolic OH excluding ortho intramolecular Hbond substituents is 1. The van der Waals surface area contributed by atoms with Crippen molar-refractivity contribution in [3.05, 3.63) is 28.8 Å². The molecule has 0 radical (unpaired) electrons. The minimum Gasteiger partial charge on any atom is -0.508 e. The minimum atomic E-state index is -0.190. The predicted octanol–water partition coefficient (Wildman–Crippen LogP) is 4.64. The van der Waals surface area contributed by atoms with Gasteiger partial charge < -0.3 is 5.11 Å². The van der Waals surface area contributed by atoms with Crippen LogP contribution in [-0.2, 0) is 10.8 Å². The van der Waals surface area contributed by atoms with Gasteiger partial charge in [0.1, 0.15) is 5.75 Å². The second-order valence-electron chi connectivity index (χ2n) is 6.50. The highest BCUT2D eigenvalue weighted by atomic mass is 16.3. The fourth-order valence-electron chi connectivity index (χ4n) is 2.20. The topological polar surface area (TPSA) is 44.0 Å². The summed E-state index contributed by atoms with van der Waals surface area (Å²) in [7, 11) is 0. The van der Waals surface area contributed by atoms with Gasteiger partial charge in [0.25, 0.3) is 0 Å². The van der Waals surface area contributed by atoms with E-state index >= 15 is 0 Å². The molecule has 0 aliphatic rings. The van der Waals surface area contributed by atoms with Gasteiger partial charge in [0.2, 0.25) is 0 Å². The number of phenols is 1. The number of nitrogens with zero attached hydrogens (tertiary/aromatic N) is 1. The molecule has 19 heavy (non-hydrogen) atoms. The van der Waals surface area contributed by atoms with Crippen LogP contribution < -0.4 is 0 Å². The zero-order chi connectivity index (χ0) is 14.8. The normalized spacial score (nSPS) is 12.3. The van der Waals surface area contributed by atoms with Crippen LogP contribution in [0.3, 0.4) is 0 Å². The van der Waals surface area contributed by atoms with E-state index in [0.29, 0.717) is 5.56 Å². The Morgan fingerprint density at radius 1 is 1.05 bits per heavy atom. The lowest BCUT2D eigenvalue weighted by atomic mass is 9.75. The monoisotopic (exact) mass is 259 g/mol. The molecule has 0 heterocycles. The van der Waals surface area contributed by atoms with Gasteiger partial charge >= 0.3 is 0 Å². The number of nitriles is 1. The van der Waals surface area contributed by atoms with Gasteiger partial charge in [-0.1, -0.05) is 41.5 Å². The Morgan fingerprint density at radius 3 is 2.00 bits per heavy atom. The molecule has 1 aromatic carbocycles. The van der Waals surface area contributed by atoms with Gasteiger partial charge in [0, 0.05) is 5.56 Å². The molecule has 1 rings (SSSR count). The van der Waals surface area contributed by atoms with Crippen LogP contribution in [0.1, 0.15) is 71.1 Å². The lowest BCUT2D eigenvalue weighted by Crippen LogP contribution is -2.20. The van der Waals surface area contributed by atoms with Crippen molar-refractivity contribution >= 4 is 0 Å². The van der Waals surface area contributed by atoms with E-state index in [1.165, 1.54) is 0 Å². The fraction of sp³-hybridized carbons (Fsp3) is 0.588. The molecule has 0 bridgehead atoms. The van der Waals surface area contributed by atoms with Gasteiger partial charge in [-0.15, -0.1) is 0 Å². The van der Waals surface area contributed by atoms with Crippen molar-refractivity contribution in [2.75, 3.05) is 0 Å². The lowest BCUT2D eigenvalue weighted by Gasteiger charge is -2.29. The first-order valence-electron chi connectivity index (χ1n) is 6.97. The molecule has 1 aromatic rings. The highest BCUT2D eigenvalue weighted by Gasteiger charge is 2.28. The summed E-state index contributed by atoms with van der Waals surface area (Å²) in [6.07, 6.45) is 1.85. The summed E-state index contributed by atoms with van der Waals surface area (Å²) in [5, 5.41) is 19.8. The van der Waals surface area contributed by atoms with Crippen LogP contribution in [0.4, 0.5) is 0 Å². The number of benzene rings is 1. The maximum atomic E-state index is 10.4. The molecule has 1 N–H and O–H groups in total. The van der Waals surface area contributed by atoms with Crippen LogP contribution in [0.5, 0.6) is 5.75 Å². The molecule has 2 nitrogen and oxygen atoms in total. The molecule has 0 spiro atoms. The van der Waals surface area contributed by atoms with Gasteiger partial charge in [0.15, 0.2) is 0 Å². The second-order valence-corrected chi connectivity index (χ2v) is 6.50. The van der Waals surface area contributed by atoms with Gasteiger partial charge in [-0.2, -0.15) is 5.26 Å². The van der Waals surface area contributed by atoms with Crippen molar-refractivity contribution in [1.82, 2.24) is 0 Å². The van der Waals surface area contributed by atoms with E-state index in [1.54, 1.807) is 0 Å². The van der Waals surface area contributed by atoms with Crippen molar-refractivity contribution in [3.63, 3.8) is 0 Å². The molecule has 0 fully saturated rings. The molecule has 0 aromatic heterocycles. The third kappa shape index (κ3) is 2.92. The van der Waals surface area contributed by atoms with Crippen LogP contribution in [0.2, 0.25) is 0 Å². The zero-order valence-electron chi connectivity index (χ0n) is 13.0. The molecular weight excluding hydrogens is 234 g/mol. The molecular formula is C17H25NO. The van der Waals surface area contributed by atoms with Gasteiger partial charge in [-0.25, -0.2) is 0 Å². The quantitative estimate of drug-likeness (QED) is 0.856. The van der Waals surface area contributed by atoms with E-state index < -0.39 is 0 Å². The summed E-state index contributed by atoms with van der Waals surface area (Å²) in [4.78, 5) is 0. The third-order valence-electron chi connectivity index (χ3n) is 4.46. The molecule has 0 atom stereocenters. The Kier molecular flexibility index (Phi) is 4.30. The van der Waals surface area contributed by atoms with E-state index in [1.807, 2.05) is 12.1 Å². The summed E-state index contributed by atoms with van der Waals surface area (Å²) in [5.74, 6) is 0.252. The maximum absolute atomic E-state index is 10.4. The predicted molar refractivity (Wildman–Crippen MR) is 79.5 cm³/mol. The Balaban J connectivity index is 3.53. The Hall–Kier alpha value is -1.49. The van der Waals surface area contributed by atoms with E-state index in [2.05, 4.69) is 47.6 Å². The van der Waals surface area contributed by atoms with Crippen LogP contribution in [0.25, 0.3) is 0 Å². The Morgan fingerprint density at radius 2 is 1.58 bits per heavy atom. The molecule has 104 valence electrons. The van der Waals surface area contributed by atoms with Crippen molar-refractivity contribution in [2.24, 2.45) is 0 Å². The number of hydrogen-bond acceptors (Lipinski definition) is 2. The molecule has 0 saturated heterocycles. The minimum absolute atomic E-state index is 0.0298. The van der Waals surface area contributed by atoms with Crippen LogP contribution in [0, 0.1) is 11.3 Å². The van der Waals surface area contributed by atoms with Crippen molar-refractivity contribution in [3.8, 4) is 11.8 Å². The lowest BCUT2D eigenvalue weighted by molar-refractivity contribution is 0.422. The van der Waals surface area contributed by atoms with Crippen molar-refractivity contribution in [1.29, 1.82) is 5.26 Å². The summed E-state index contributed by atoms with van der Waals surface area (Å²) in [6.45, 7) is 12.6. The maximum Gasteiger partial charge on any atom is 0.120 e. The van der Waals surface area contributed by atoms with Gasteiger partial charge in [0.05, 0.1) is 11.6 Å².